The van der Waals surface area contributed by atoms with Gasteiger partial charge in [0.1, 0.15) is 11.7 Å². The molecule has 1 atom stereocenters. The van der Waals surface area contributed by atoms with Crippen molar-refractivity contribution < 1.29 is 26.3 Å². The zero-order chi connectivity index (χ0) is 26.0. The molecular formula is C27H29F6N3. The van der Waals surface area contributed by atoms with Crippen molar-refractivity contribution in [2.45, 2.75) is 75.9 Å². The van der Waals surface area contributed by atoms with Crippen LogP contribution in [0.2, 0.25) is 0 Å². The van der Waals surface area contributed by atoms with Crippen molar-refractivity contribution in [3.05, 3.63) is 71.8 Å². The van der Waals surface area contributed by atoms with Gasteiger partial charge in [0.25, 0.3) is 0 Å². The lowest BCUT2D eigenvalue weighted by molar-refractivity contribution is -0.293. The largest absolute Gasteiger partial charge is 0.443 e. The third kappa shape index (κ3) is 5.15. The molecule has 0 bridgehead atoms. The maximum Gasteiger partial charge on any atom is 0.443 e. The minimum Gasteiger partial charge on any atom is -0.307 e. The summed E-state index contributed by atoms with van der Waals surface area (Å²) in [6.07, 6.45) is -6.06. The Morgan fingerprint density at radius 1 is 0.833 bits per heavy atom. The summed E-state index contributed by atoms with van der Waals surface area (Å²) in [5.74, 6) is -0.365. The van der Waals surface area contributed by atoms with Crippen LogP contribution < -0.4 is 0 Å². The van der Waals surface area contributed by atoms with Gasteiger partial charge in [-0.25, -0.2) is 9.98 Å². The first kappa shape index (κ1) is 26.2. The molecule has 1 heterocycles. The molecule has 3 nitrogen and oxygen atoms in total. The Morgan fingerprint density at radius 2 is 1.39 bits per heavy atom. The van der Waals surface area contributed by atoms with Crippen molar-refractivity contribution in [3.8, 4) is 0 Å². The van der Waals surface area contributed by atoms with Gasteiger partial charge in [0.05, 0.1) is 6.04 Å². The molecule has 0 aromatic heterocycles. The van der Waals surface area contributed by atoms with E-state index in [0.717, 1.165) is 37.7 Å². The van der Waals surface area contributed by atoms with Crippen LogP contribution in [0, 0.1) is 5.92 Å². The first-order valence-electron chi connectivity index (χ1n) is 12.2. The SMILES string of the molecule is CC(c1ccccc1)N1C(CCC2CCCCC2)=NC(C(F)(F)F)(C(F)(F)F)N=C1c1ccccc1. The lowest BCUT2D eigenvalue weighted by Crippen LogP contribution is -2.59. The van der Waals surface area contributed by atoms with E-state index in [9.17, 15) is 26.3 Å². The van der Waals surface area contributed by atoms with E-state index >= 15 is 0 Å². The molecular weight excluding hydrogens is 480 g/mol. The molecule has 0 amide bonds. The van der Waals surface area contributed by atoms with Gasteiger partial charge in [-0.15, -0.1) is 0 Å². The van der Waals surface area contributed by atoms with Crippen molar-refractivity contribution in [3.63, 3.8) is 0 Å². The van der Waals surface area contributed by atoms with E-state index < -0.39 is 24.1 Å². The lowest BCUT2D eigenvalue weighted by Gasteiger charge is -2.42. The molecule has 2 aromatic rings. The first-order chi connectivity index (χ1) is 17.0. The van der Waals surface area contributed by atoms with Crippen LogP contribution in [0.1, 0.15) is 69.0 Å². The Labute approximate surface area is 206 Å². The minimum atomic E-state index is -5.76. The van der Waals surface area contributed by atoms with Crippen molar-refractivity contribution >= 4 is 11.7 Å². The van der Waals surface area contributed by atoms with E-state index in [4.69, 9.17) is 0 Å². The van der Waals surface area contributed by atoms with Crippen LogP contribution in [0.3, 0.4) is 0 Å². The van der Waals surface area contributed by atoms with E-state index in [0.29, 0.717) is 6.42 Å². The zero-order valence-electron chi connectivity index (χ0n) is 20.0. The molecule has 0 spiro atoms. The molecule has 2 aromatic carbocycles. The number of alkyl halides is 6. The van der Waals surface area contributed by atoms with Crippen molar-refractivity contribution in [1.82, 2.24) is 4.90 Å². The average Bonchev–Trinajstić information content (AvgIpc) is 2.87. The van der Waals surface area contributed by atoms with Gasteiger partial charge in [-0.2, -0.15) is 26.3 Å². The highest BCUT2D eigenvalue weighted by Gasteiger charge is 2.74. The molecule has 0 radical (unpaired) electrons. The highest BCUT2D eigenvalue weighted by Crippen LogP contribution is 2.50. The van der Waals surface area contributed by atoms with Gasteiger partial charge in [0, 0.05) is 12.0 Å². The summed E-state index contributed by atoms with van der Waals surface area (Å²) in [6, 6.07) is 16.1. The van der Waals surface area contributed by atoms with Gasteiger partial charge < -0.3 is 4.90 Å². The second kappa shape index (κ2) is 10.3. The third-order valence-corrected chi connectivity index (χ3v) is 7.06. The second-order valence-electron chi connectivity index (χ2n) is 9.50. The number of aliphatic imine (C=N–C) groups is 2. The third-order valence-electron chi connectivity index (χ3n) is 7.06. The van der Waals surface area contributed by atoms with Gasteiger partial charge in [0.15, 0.2) is 0 Å². The smallest absolute Gasteiger partial charge is 0.307 e. The Bertz CT molecular complexity index is 1060. The number of halogens is 6. The van der Waals surface area contributed by atoms with Crippen LogP contribution in [-0.4, -0.2) is 34.6 Å². The van der Waals surface area contributed by atoms with E-state index in [2.05, 4.69) is 9.98 Å². The quantitative estimate of drug-likeness (QED) is 0.362. The maximum atomic E-state index is 14.2. The predicted octanol–water partition coefficient (Wildman–Crippen LogP) is 8.09. The molecule has 1 fully saturated rings. The molecule has 2 aliphatic rings. The van der Waals surface area contributed by atoms with Gasteiger partial charge in [0.2, 0.25) is 0 Å². The summed E-state index contributed by atoms with van der Waals surface area (Å²) in [4.78, 5) is 8.31. The number of benzene rings is 2. The fourth-order valence-electron chi connectivity index (χ4n) is 5.07. The Hall–Kier alpha value is -2.84. The van der Waals surface area contributed by atoms with Crippen LogP contribution in [-0.2, 0) is 0 Å². The summed E-state index contributed by atoms with van der Waals surface area (Å²) in [6.45, 7) is 1.75. The summed E-state index contributed by atoms with van der Waals surface area (Å²) < 4.78 is 85.5. The van der Waals surface area contributed by atoms with Crippen LogP contribution in [0.15, 0.2) is 70.6 Å². The maximum absolute atomic E-state index is 14.2. The standard InChI is InChI=1S/C27H29F6N3/c1-19(21-13-7-3-8-14-21)36-23(18-17-20-11-5-2-6-12-20)34-25(26(28,29)30,27(31,32)33)35-24(36)22-15-9-4-10-16-22/h3-4,7-10,13-16,19-20H,2,5-6,11-12,17-18H2,1H3. The van der Waals surface area contributed by atoms with Crippen molar-refractivity contribution in [2.75, 3.05) is 0 Å². The number of hydrogen-bond acceptors (Lipinski definition) is 3. The van der Waals surface area contributed by atoms with E-state index in [1.165, 1.54) is 17.0 Å². The fourth-order valence-corrected chi connectivity index (χ4v) is 5.07. The number of nitrogens with zero attached hydrogens (tertiary/aromatic N) is 3. The molecule has 4 rings (SSSR count). The van der Waals surface area contributed by atoms with E-state index in [-0.39, 0.29) is 29.6 Å². The Kier molecular flexibility index (Phi) is 7.48. The molecule has 9 heteroatoms. The highest BCUT2D eigenvalue weighted by atomic mass is 19.4. The molecule has 0 saturated heterocycles. The van der Waals surface area contributed by atoms with Crippen molar-refractivity contribution in [1.29, 1.82) is 0 Å². The van der Waals surface area contributed by atoms with E-state index in [1.807, 2.05) is 0 Å². The second-order valence-corrected chi connectivity index (χ2v) is 9.50. The molecule has 1 unspecified atom stereocenters. The monoisotopic (exact) mass is 509 g/mol. The average molecular weight is 510 g/mol. The molecule has 194 valence electrons. The number of amidine groups is 2. The molecule has 1 aliphatic carbocycles. The normalized spacial score (nSPS) is 20.0. The summed E-state index contributed by atoms with van der Waals surface area (Å²) in [5.41, 5.74) is -3.65. The summed E-state index contributed by atoms with van der Waals surface area (Å²) >= 11 is 0. The zero-order valence-corrected chi connectivity index (χ0v) is 20.0. The lowest BCUT2D eigenvalue weighted by atomic mass is 9.85. The van der Waals surface area contributed by atoms with Crippen molar-refractivity contribution in [2.24, 2.45) is 15.9 Å². The first-order valence-corrected chi connectivity index (χ1v) is 12.2. The van der Waals surface area contributed by atoms with Crippen LogP contribution in [0.25, 0.3) is 0 Å². The van der Waals surface area contributed by atoms with Gasteiger partial charge in [-0.1, -0.05) is 92.8 Å². The number of hydrogen-bond donors (Lipinski definition) is 0. The van der Waals surface area contributed by atoms with Crippen LogP contribution in [0.4, 0.5) is 26.3 Å². The van der Waals surface area contributed by atoms with Gasteiger partial charge in [-0.05, 0) is 24.8 Å². The molecule has 0 N–H and O–H groups in total. The Balaban J connectivity index is 1.88. The highest BCUT2D eigenvalue weighted by molar-refractivity contribution is 6.11. The van der Waals surface area contributed by atoms with Crippen LogP contribution >= 0.6 is 0 Å². The summed E-state index contributed by atoms with van der Waals surface area (Å²) in [5, 5.41) is 0. The summed E-state index contributed by atoms with van der Waals surface area (Å²) in [7, 11) is 0. The minimum absolute atomic E-state index is 0.00159. The fraction of sp³-hybridized carbons (Fsp3) is 0.481. The number of rotatable bonds is 6. The molecule has 1 saturated carbocycles. The Morgan fingerprint density at radius 3 is 1.94 bits per heavy atom. The van der Waals surface area contributed by atoms with Crippen LogP contribution in [0.5, 0.6) is 0 Å². The predicted molar refractivity (Wildman–Crippen MR) is 128 cm³/mol. The van der Waals surface area contributed by atoms with E-state index in [1.54, 1.807) is 55.5 Å². The molecule has 1 aliphatic heterocycles. The topological polar surface area (TPSA) is 28.0 Å². The molecule has 36 heavy (non-hydrogen) atoms. The van der Waals surface area contributed by atoms with Gasteiger partial charge in [-0.3, -0.25) is 0 Å². The van der Waals surface area contributed by atoms with Gasteiger partial charge >= 0.3 is 18.0 Å².